The highest BCUT2D eigenvalue weighted by Gasteiger charge is 2.50. The molecule has 5 rings (SSSR count). The van der Waals surface area contributed by atoms with Crippen molar-refractivity contribution in [3.05, 3.63) is 36.2 Å². The van der Waals surface area contributed by atoms with Crippen LogP contribution in [-0.2, 0) is 49.5 Å². The van der Waals surface area contributed by atoms with E-state index >= 15 is 0 Å². The van der Waals surface area contributed by atoms with Crippen molar-refractivity contribution in [2.24, 2.45) is 28.8 Å². The first kappa shape index (κ1) is 43.5. The molecule has 2 N–H and O–H groups in total. The minimum Gasteiger partial charge on any atom is -0.459 e. The lowest BCUT2D eigenvalue weighted by atomic mass is 9.77. The second kappa shape index (κ2) is 18.7. The molecule has 0 aromatic carbocycles. The molecule has 0 radical (unpaired) electrons. The number of aromatic nitrogens is 2. The van der Waals surface area contributed by atoms with E-state index in [9.17, 15) is 24.6 Å². The topological polar surface area (TPSA) is 202 Å². The summed E-state index contributed by atoms with van der Waals surface area (Å²) < 4.78 is 36.4. The number of rotatable bonds is 8. The first-order chi connectivity index (χ1) is 26.5. The Bertz CT molecular complexity index is 1650. The molecule has 16 nitrogen and oxygen atoms in total. The second-order valence-electron chi connectivity index (χ2n) is 15.9. The van der Waals surface area contributed by atoms with Gasteiger partial charge in [0.15, 0.2) is 12.1 Å². The van der Waals surface area contributed by atoms with Gasteiger partial charge in [0.25, 0.3) is 0 Å². The van der Waals surface area contributed by atoms with Crippen molar-refractivity contribution in [3.63, 3.8) is 0 Å². The number of pyridine rings is 1. The van der Waals surface area contributed by atoms with Crippen LogP contribution >= 0.6 is 0 Å². The quantitative estimate of drug-likeness (QED) is 0.224. The summed E-state index contributed by atoms with van der Waals surface area (Å²) in [6.07, 6.45) is -3.00. The van der Waals surface area contributed by atoms with E-state index in [0.29, 0.717) is 23.4 Å². The van der Waals surface area contributed by atoms with Crippen LogP contribution in [0.15, 0.2) is 40.3 Å². The van der Waals surface area contributed by atoms with Gasteiger partial charge in [0.05, 0.1) is 43.3 Å². The van der Waals surface area contributed by atoms with Crippen molar-refractivity contribution in [2.75, 3.05) is 27.3 Å². The third-order valence-electron chi connectivity index (χ3n) is 11.3. The van der Waals surface area contributed by atoms with E-state index in [2.05, 4.69) is 15.3 Å². The molecule has 0 amide bonds. The molecule has 3 saturated heterocycles. The van der Waals surface area contributed by atoms with Gasteiger partial charge < -0.3 is 48.2 Å². The summed E-state index contributed by atoms with van der Waals surface area (Å²) in [5, 5.41) is 31.9. The highest BCUT2D eigenvalue weighted by Crippen LogP contribution is 2.35. The minimum atomic E-state index is -1.87. The maximum absolute atomic E-state index is 14.2. The number of Topliss-reactive ketones (excluding diaryl/α,β-unsaturated/α-hetero) is 2. The number of carbonyl (C=O) groups is 3. The third-order valence-corrected chi connectivity index (χ3v) is 11.3. The van der Waals surface area contributed by atoms with Gasteiger partial charge in [-0.3, -0.25) is 19.4 Å². The largest absolute Gasteiger partial charge is 0.459 e. The van der Waals surface area contributed by atoms with Crippen LogP contribution in [0.3, 0.4) is 0 Å². The molecule has 3 aliphatic rings. The fourth-order valence-electron chi connectivity index (χ4n) is 7.92. The van der Waals surface area contributed by atoms with Crippen LogP contribution in [0.1, 0.15) is 73.3 Å². The average Bonchev–Trinajstić information content (AvgIpc) is 3.71. The maximum atomic E-state index is 14.2. The van der Waals surface area contributed by atoms with Crippen LogP contribution in [0.25, 0.3) is 11.4 Å². The predicted molar refractivity (Wildman–Crippen MR) is 201 cm³/mol. The zero-order valence-electron chi connectivity index (χ0n) is 33.8. The average molecular weight is 787 g/mol. The first-order valence-electron chi connectivity index (χ1n) is 19.5. The minimum absolute atomic E-state index is 0.0389. The van der Waals surface area contributed by atoms with E-state index in [1.807, 2.05) is 32.0 Å². The van der Waals surface area contributed by atoms with Crippen molar-refractivity contribution in [3.8, 4) is 11.4 Å². The van der Waals surface area contributed by atoms with E-state index in [-0.39, 0.29) is 56.3 Å². The summed E-state index contributed by atoms with van der Waals surface area (Å²) in [7, 11) is 3.71. The number of oxime groups is 1. The molecule has 2 aromatic heterocycles. The molecule has 16 heteroatoms. The molecule has 2 aromatic rings. The lowest BCUT2D eigenvalue weighted by Crippen LogP contribution is -2.58. The van der Waals surface area contributed by atoms with Gasteiger partial charge in [-0.1, -0.05) is 44.1 Å². The Morgan fingerprint density at radius 3 is 2.36 bits per heavy atom. The molecule has 0 saturated carbocycles. The lowest BCUT2D eigenvalue weighted by molar-refractivity contribution is -0.284. The van der Waals surface area contributed by atoms with E-state index < -0.39 is 77.8 Å². The predicted octanol–water partition coefficient (Wildman–Crippen LogP) is 3.36. The SMILES string of the molecule is CC[C@H]1OC(=O)[C@H](C)C(=O)[C@H](C)[C@@H](O[C@@H]2O[C@H](C)C[C@H](N(C)C)[C@H]2O)[C@H]2C[C@@H](C)C(=O)[C@H](C)[C@H](OC/C(=N\OCc3ccc(-c4ccon4)nc3)CO2)[C@]1(C)O. The normalized spacial score (nSPS) is 37.4. The Balaban J connectivity index is 1.54. The molecular weight excluding hydrogens is 728 g/mol. The maximum Gasteiger partial charge on any atom is 0.316 e. The number of hydrogen-bond donors (Lipinski definition) is 2. The van der Waals surface area contributed by atoms with Crippen LogP contribution in [0.4, 0.5) is 0 Å². The van der Waals surface area contributed by atoms with Crippen molar-refractivity contribution in [1.29, 1.82) is 0 Å². The number of carbonyl (C=O) groups excluding carboxylic acids is 3. The van der Waals surface area contributed by atoms with Crippen LogP contribution in [0.5, 0.6) is 0 Å². The fourth-order valence-corrected chi connectivity index (χ4v) is 7.92. The molecule has 0 spiro atoms. The number of aliphatic hydroxyl groups is 2. The molecule has 3 fully saturated rings. The number of esters is 1. The van der Waals surface area contributed by atoms with Gasteiger partial charge in [-0.05, 0) is 60.2 Å². The Kier molecular flexibility index (Phi) is 14.6. The van der Waals surface area contributed by atoms with E-state index in [0.717, 1.165) is 0 Å². The standard InChI is InChI=1S/C40H58N4O12/c1-10-32-40(7,49)37-24(5)33(45)21(2)15-31(50-19-27(20-51-37)42-53-18-26-11-12-28(41-17-26)29-13-14-52-43-29)36(23(4)34(46)25(6)38(48)55-32)56-39-35(47)30(44(8)9)16-22(3)54-39/h11-14,17,21-25,30-32,35-37,39,47,49H,10,15-16,18-20H2,1-9H3/b42-27-/t21-,22-,23+,24+,25-,30+,31-,32-,35-,36-,37+,39+,40-/m1/s1. The molecular formula is C40H58N4O12. The zero-order chi connectivity index (χ0) is 40.9. The summed E-state index contributed by atoms with van der Waals surface area (Å²) in [4.78, 5) is 54.2. The molecule has 13 atom stereocenters. The third kappa shape index (κ3) is 9.89. The van der Waals surface area contributed by atoms with Gasteiger partial charge in [0.2, 0.25) is 0 Å². The first-order valence-corrected chi connectivity index (χ1v) is 19.5. The Morgan fingerprint density at radius 1 is 0.982 bits per heavy atom. The number of fused-ring (bicyclic) bond motifs is 5. The summed E-state index contributed by atoms with van der Waals surface area (Å²) in [5.74, 6) is -5.37. The Labute approximate surface area is 328 Å². The number of hydrogen-bond acceptors (Lipinski definition) is 16. The van der Waals surface area contributed by atoms with Gasteiger partial charge in [0.1, 0.15) is 53.8 Å². The molecule has 3 aliphatic heterocycles. The summed E-state index contributed by atoms with van der Waals surface area (Å²) in [5.41, 5.74) is 0.334. The van der Waals surface area contributed by atoms with Gasteiger partial charge >= 0.3 is 5.97 Å². The number of cyclic esters (lactones) is 1. The second-order valence-corrected chi connectivity index (χ2v) is 15.9. The number of ether oxygens (including phenoxy) is 5. The van der Waals surface area contributed by atoms with Crippen molar-refractivity contribution >= 4 is 23.2 Å². The summed E-state index contributed by atoms with van der Waals surface area (Å²) in [6, 6.07) is 4.99. The van der Waals surface area contributed by atoms with Crippen LogP contribution in [0, 0.1) is 23.7 Å². The highest BCUT2D eigenvalue weighted by molar-refractivity contribution is 6.00. The number of aliphatic hydroxyl groups excluding tert-OH is 1. The molecule has 310 valence electrons. The summed E-state index contributed by atoms with van der Waals surface area (Å²) in [6.45, 7) is 11.2. The zero-order valence-corrected chi connectivity index (χ0v) is 33.8. The van der Waals surface area contributed by atoms with Gasteiger partial charge in [-0.25, -0.2) is 0 Å². The number of nitrogens with zero attached hydrogens (tertiary/aromatic N) is 4. The van der Waals surface area contributed by atoms with Crippen molar-refractivity contribution in [2.45, 2.75) is 129 Å². The molecule has 56 heavy (non-hydrogen) atoms. The monoisotopic (exact) mass is 786 g/mol. The Morgan fingerprint density at radius 2 is 1.71 bits per heavy atom. The smallest absolute Gasteiger partial charge is 0.316 e. The van der Waals surface area contributed by atoms with Crippen LogP contribution < -0.4 is 0 Å². The van der Waals surface area contributed by atoms with Crippen molar-refractivity contribution < 1.29 is 57.6 Å². The summed E-state index contributed by atoms with van der Waals surface area (Å²) >= 11 is 0. The number of likely N-dealkylation sites (N-methyl/N-ethyl adjacent to an activating group) is 1. The van der Waals surface area contributed by atoms with Gasteiger partial charge in [-0.2, -0.15) is 0 Å². The Hall–Kier alpha value is -3.64. The molecule has 2 bridgehead atoms. The van der Waals surface area contributed by atoms with Crippen LogP contribution in [-0.4, -0.2) is 130 Å². The van der Waals surface area contributed by atoms with E-state index in [1.165, 1.54) is 20.1 Å². The molecule has 0 unspecified atom stereocenters. The fraction of sp³-hybridized carbons (Fsp3) is 0.700. The molecule has 0 aliphatic carbocycles. The number of ketones is 2. The highest BCUT2D eigenvalue weighted by atomic mass is 16.7. The van der Waals surface area contributed by atoms with E-state index in [1.54, 1.807) is 46.0 Å². The van der Waals surface area contributed by atoms with Crippen molar-refractivity contribution in [1.82, 2.24) is 15.0 Å². The lowest BCUT2D eigenvalue weighted by Gasteiger charge is -2.44. The van der Waals surface area contributed by atoms with Crippen LogP contribution in [0.2, 0.25) is 0 Å². The van der Waals surface area contributed by atoms with Gasteiger partial charge in [0, 0.05) is 41.6 Å². The molecule has 5 heterocycles. The van der Waals surface area contributed by atoms with Gasteiger partial charge in [-0.15, -0.1) is 0 Å². The van der Waals surface area contributed by atoms with E-state index in [4.69, 9.17) is 33.0 Å².